The predicted molar refractivity (Wildman–Crippen MR) is 58.7 cm³/mol. The summed E-state index contributed by atoms with van der Waals surface area (Å²) in [5.41, 5.74) is 0.486. The first-order chi connectivity index (χ1) is 6.76. The van der Waals surface area contributed by atoms with Crippen LogP contribution < -0.4 is 14.2 Å². The van der Waals surface area contributed by atoms with Crippen molar-refractivity contribution in [3.63, 3.8) is 0 Å². The van der Waals surface area contributed by atoms with Crippen molar-refractivity contribution in [2.45, 2.75) is 0 Å². The third kappa shape index (κ3) is 2.76. The molecule has 0 aliphatic heterocycles. The zero-order chi connectivity index (χ0) is 10.6. The lowest BCUT2D eigenvalue weighted by Crippen LogP contribution is -1.96. The smallest absolute Gasteiger partial charge is 0.203 e. The Kier molecular flexibility index (Phi) is 5.56. The van der Waals surface area contributed by atoms with Gasteiger partial charge in [0.15, 0.2) is 11.5 Å². The first-order valence-corrected chi connectivity index (χ1v) is 4.02. The number of hydrogen-bond acceptors (Lipinski definition) is 4. The molecule has 1 aromatic rings. The fourth-order valence-corrected chi connectivity index (χ4v) is 1.17. The van der Waals surface area contributed by atoms with Gasteiger partial charge in [-0.3, -0.25) is 4.79 Å². The summed E-state index contributed by atoms with van der Waals surface area (Å²) in [6.07, 6.45) is 0.727. The summed E-state index contributed by atoms with van der Waals surface area (Å²) >= 11 is 0. The van der Waals surface area contributed by atoms with Crippen molar-refractivity contribution in [3.05, 3.63) is 17.7 Å². The Balaban J connectivity index is 0.00000196. The molecule has 15 heavy (non-hydrogen) atoms. The van der Waals surface area contributed by atoms with Crippen LogP contribution in [0.1, 0.15) is 10.4 Å². The summed E-state index contributed by atoms with van der Waals surface area (Å²) in [5.74, 6) is 1.45. The van der Waals surface area contributed by atoms with E-state index in [1.165, 1.54) is 21.3 Å². The van der Waals surface area contributed by atoms with Gasteiger partial charge in [0.2, 0.25) is 5.75 Å². The van der Waals surface area contributed by atoms with Crippen molar-refractivity contribution < 1.29 is 19.0 Å². The van der Waals surface area contributed by atoms with E-state index < -0.39 is 0 Å². The summed E-state index contributed by atoms with van der Waals surface area (Å²) in [6.45, 7) is 0. The Bertz CT molecular complexity index is 313. The number of benzene rings is 1. The minimum absolute atomic E-state index is 0. The highest BCUT2D eigenvalue weighted by Crippen LogP contribution is 2.37. The van der Waals surface area contributed by atoms with Gasteiger partial charge in [-0.2, -0.15) is 0 Å². The van der Waals surface area contributed by atoms with Crippen LogP contribution in [0.4, 0.5) is 0 Å². The second-order valence-electron chi connectivity index (χ2n) is 2.58. The van der Waals surface area contributed by atoms with Crippen LogP contribution in [0.2, 0.25) is 0 Å². The van der Waals surface area contributed by atoms with Crippen LogP contribution in [0.3, 0.4) is 0 Å². The highest BCUT2D eigenvalue weighted by Gasteiger charge is 2.12. The molecule has 0 bridgehead atoms. The van der Waals surface area contributed by atoms with E-state index >= 15 is 0 Å². The maximum absolute atomic E-state index is 10.6. The third-order valence-electron chi connectivity index (χ3n) is 1.82. The van der Waals surface area contributed by atoms with Gasteiger partial charge in [0, 0.05) is 5.56 Å². The predicted octanol–water partition coefficient (Wildman–Crippen LogP) is 1.95. The molecule has 0 atom stereocenters. The van der Waals surface area contributed by atoms with Crippen molar-refractivity contribution in [1.29, 1.82) is 0 Å². The zero-order valence-corrected chi connectivity index (χ0v) is 9.59. The van der Waals surface area contributed by atoms with Crippen LogP contribution in [-0.2, 0) is 0 Å². The topological polar surface area (TPSA) is 44.8 Å². The molecule has 0 amide bonds. The van der Waals surface area contributed by atoms with Crippen LogP contribution in [-0.4, -0.2) is 27.6 Å². The Morgan fingerprint density at radius 2 is 1.47 bits per heavy atom. The summed E-state index contributed by atoms with van der Waals surface area (Å²) in [5, 5.41) is 0. The molecule has 0 spiro atoms. The fourth-order valence-electron chi connectivity index (χ4n) is 1.17. The number of hydrogen-bond donors (Lipinski definition) is 0. The first kappa shape index (κ1) is 13.6. The van der Waals surface area contributed by atoms with Gasteiger partial charge in [0.1, 0.15) is 6.29 Å². The molecule has 0 saturated carbocycles. The number of aldehydes is 1. The van der Waals surface area contributed by atoms with Gasteiger partial charge in [0.25, 0.3) is 0 Å². The summed E-state index contributed by atoms with van der Waals surface area (Å²) in [7, 11) is 4.53. The molecule has 0 radical (unpaired) electrons. The lowest BCUT2D eigenvalue weighted by atomic mass is 10.2. The molecular weight excluding hydrogens is 220 g/mol. The molecule has 0 unspecified atom stereocenters. The number of halogens is 1. The molecule has 0 aliphatic carbocycles. The molecule has 5 heteroatoms. The second-order valence-corrected chi connectivity index (χ2v) is 2.58. The summed E-state index contributed by atoms with van der Waals surface area (Å²) in [6, 6.07) is 3.18. The molecule has 4 nitrogen and oxygen atoms in total. The Morgan fingerprint density at radius 3 is 1.73 bits per heavy atom. The number of rotatable bonds is 4. The molecule has 1 aromatic carbocycles. The normalized spacial score (nSPS) is 8.73. The van der Waals surface area contributed by atoms with Crippen molar-refractivity contribution >= 4 is 18.7 Å². The molecule has 0 aliphatic rings. The van der Waals surface area contributed by atoms with Gasteiger partial charge in [-0.15, -0.1) is 12.4 Å². The Hall–Kier alpha value is -1.42. The van der Waals surface area contributed by atoms with Crippen LogP contribution >= 0.6 is 12.4 Å². The van der Waals surface area contributed by atoms with E-state index in [4.69, 9.17) is 14.2 Å². The Morgan fingerprint density at radius 1 is 1.00 bits per heavy atom. The van der Waals surface area contributed by atoms with E-state index in [9.17, 15) is 4.79 Å². The van der Waals surface area contributed by atoms with E-state index in [-0.39, 0.29) is 12.4 Å². The maximum Gasteiger partial charge on any atom is 0.203 e. The van der Waals surface area contributed by atoms with Gasteiger partial charge >= 0.3 is 0 Å². The van der Waals surface area contributed by atoms with E-state index in [0.717, 1.165) is 6.29 Å². The minimum Gasteiger partial charge on any atom is -0.493 e. The zero-order valence-electron chi connectivity index (χ0n) is 8.77. The van der Waals surface area contributed by atoms with Crippen LogP contribution in [0.25, 0.3) is 0 Å². The lowest BCUT2D eigenvalue weighted by Gasteiger charge is -2.11. The van der Waals surface area contributed by atoms with Crippen LogP contribution in [0.5, 0.6) is 17.2 Å². The number of methoxy groups -OCH3 is 3. The highest BCUT2D eigenvalue weighted by molar-refractivity contribution is 5.85. The molecule has 0 heterocycles. The van der Waals surface area contributed by atoms with Crippen molar-refractivity contribution in [1.82, 2.24) is 0 Å². The summed E-state index contributed by atoms with van der Waals surface area (Å²) in [4.78, 5) is 10.6. The average molecular weight is 233 g/mol. The van der Waals surface area contributed by atoms with Crippen molar-refractivity contribution in [2.75, 3.05) is 21.3 Å². The maximum atomic E-state index is 10.6. The Labute approximate surface area is 94.5 Å². The van der Waals surface area contributed by atoms with Crippen LogP contribution in [0.15, 0.2) is 12.1 Å². The minimum atomic E-state index is 0. The molecular formula is C10H13ClO4. The highest BCUT2D eigenvalue weighted by atomic mass is 35.5. The molecule has 0 fully saturated rings. The van der Waals surface area contributed by atoms with E-state index in [2.05, 4.69) is 0 Å². The van der Waals surface area contributed by atoms with Gasteiger partial charge in [-0.05, 0) is 12.1 Å². The standard InChI is InChI=1S/C10H12O4.ClH/c1-12-8-4-7(6-11)5-9(13-2)10(8)14-3;/h4-6H,1-3H3;1H. The van der Waals surface area contributed by atoms with Gasteiger partial charge in [-0.1, -0.05) is 0 Å². The fraction of sp³-hybridized carbons (Fsp3) is 0.300. The first-order valence-electron chi connectivity index (χ1n) is 4.02. The quantitative estimate of drug-likeness (QED) is 0.745. The summed E-state index contributed by atoms with van der Waals surface area (Å²) < 4.78 is 15.2. The van der Waals surface area contributed by atoms with E-state index in [0.29, 0.717) is 22.8 Å². The molecule has 1 rings (SSSR count). The SMILES string of the molecule is COc1cc(C=O)cc(OC)c1OC.Cl. The largest absolute Gasteiger partial charge is 0.493 e. The van der Waals surface area contributed by atoms with Crippen molar-refractivity contribution in [3.8, 4) is 17.2 Å². The molecule has 0 saturated heterocycles. The van der Waals surface area contributed by atoms with E-state index in [1.54, 1.807) is 12.1 Å². The number of carbonyl (C=O) groups is 1. The number of ether oxygens (including phenoxy) is 3. The van der Waals surface area contributed by atoms with Crippen LogP contribution in [0, 0.1) is 0 Å². The van der Waals surface area contributed by atoms with E-state index in [1.807, 2.05) is 0 Å². The monoisotopic (exact) mass is 232 g/mol. The van der Waals surface area contributed by atoms with Crippen molar-refractivity contribution in [2.24, 2.45) is 0 Å². The average Bonchev–Trinajstić information content (AvgIpc) is 2.26. The third-order valence-corrected chi connectivity index (χ3v) is 1.82. The lowest BCUT2D eigenvalue weighted by molar-refractivity contribution is 0.112. The second kappa shape index (κ2) is 6.14. The molecule has 84 valence electrons. The number of carbonyl (C=O) groups excluding carboxylic acids is 1. The van der Waals surface area contributed by atoms with Gasteiger partial charge in [-0.25, -0.2) is 0 Å². The van der Waals surface area contributed by atoms with Gasteiger partial charge < -0.3 is 14.2 Å². The molecule has 0 N–H and O–H groups in total. The molecule has 0 aromatic heterocycles. The van der Waals surface area contributed by atoms with Gasteiger partial charge in [0.05, 0.1) is 21.3 Å².